The molecular weight excluding hydrogens is 516 g/mol. The molecule has 0 unspecified atom stereocenters. The molecule has 0 aromatic carbocycles. The summed E-state index contributed by atoms with van der Waals surface area (Å²) in [5.74, 6) is 0. The van der Waals surface area contributed by atoms with E-state index in [2.05, 4.69) is 11.1 Å². The Morgan fingerprint density at radius 2 is 1.00 bits per heavy atom. The highest BCUT2D eigenvalue weighted by Crippen LogP contribution is 2.23. The maximum Gasteiger partial charge on any atom is 0.397 e. The van der Waals surface area contributed by atoms with Crippen LogP contribution in [0.5, 0.6) is 0 Å². The first-order chi connectivity index (χ1) is 16.5. The van der Waals surface area contributed by atoms with E-state index in [1.165, 1.54) is 38.5 Å². The summed E-state index contributed by atoms with van der Waals surface area (Å²) in [5.41, 5.74) is 0. The second kappa shape index (κ2) is 22.1. The molecule has 0 saturated heterocycles. The summed E-state index contributed by atoms with van der Waals surface area (Å²) in [6, 6.07) is 0. The van der Waals surface area contributed by atoms with Gasteiger partial charge in [0, 0.05) is 0 Å². The number of unbranched alkanes of at least 4 members (excludes halogenated alkanes) is 16. The van der Waals surface area contributed by atoms with Gasteiger partial charge < -0.3 is 0 Å². The molecule has 11 heteroatoms. The molecular formula is C24H49ClO8S2. The van der Waals surface area contributed by atoms with E-state index < -0.39 is 32.3 Å². The molecule has 2 N–H and O–H groups in total. The Kier molecular flexibility index (Phi) is 22.1. The third kappa shape index (κ3) is 26.9. The zero-order chi connectivity index (χ0) is 26.4. The largest absolute Gasteiger partial charge is 0.397 e. The van der Waals surface area contributed by atoms with Gasteiger partial charge in [-0.2, -0.15) is 16.8 Å². The maximum atomic E-state index is 11.2. The zero-order valence-corrected chi connectivity index (χ0v) is 23.9. The Hall–Kier alpha value is 0.0300. The lowest BCUT2D eigenvalue weighted by atomic mass is 10.0. The van der Waals surface area contributed by atoms with Crippen LogP contribution in [0.1, 0.15) is 135 Å². The van der Waals surface area contributed by atoms with E-state index in [-0.39, 0.29) is 6.61 Å². The van der Waals surface area contributed by atoms with Crippen molar-refractivity contribution in [3.05, 3.63) is 0 Å². The topological polar surface area (TPSA) is 127 Å². The van der Waals surface area contributed by atoms with E-state index in [0.717, 1.165) is 70.6 Å². The predicted molar refractivity (Wildman–Crippen MR) is 142 cm³/mol. The Labute approximate surface area is 219 Å². The molecule has 0 heterocycles. The molecule has 0 amide bonds. The van der Waals surface area contributed by atoms with Gasteiger partial charge in [-0.15, -0.1) is 11.6 Å². The van der Waals surface area contributed by atoms with Crippen molar-refractivity contribution in [2.45, 2.75) is 147 Å². The molecule has 0 radical (unpaired) electrons. The Balaban J connectivity index is 3.78. The van der Waals surface area contributed by atoms with E-state index in [0.29, 0.717) is 19.3 Å². The molecule has 0 aromatic heterocycles. The van der Waals surface area contributed by atoms with Crippen LogP contribution in [0.25, 0.3) is 0 Å². The third-order valence-electron chi connectivity index (χ3n) is 6.10. The molecule has 0 fully saturated rings. The zero-order valence-electron chi connectivity index (χ0n) is 21.5. The lowest BCUT2D eigenvalue weighted by Crippen LogP contribution is -2.27. The predicted octanol–water partition coefficient (Wildman–Crippen LogP) is 7.42. The molecule has 0 aliphatic carbocycles. The Morgan fingerprint density at radius 1 is 0.600 bits per heavy atom. The van der Waals surface area contributed by atoms with Gasteiger partial charge >= 0.3 is 20.8 Å². The van der Waals surface area contributed by atoms with Crippen molar-refractivity contribution >= 4 is 32.4 Å². The van der Waals surface area contributed by atoms with E-state index in [1.54, 1.807) is 0 Å². The fourth-order valence-electron chi connectivity index (χ4n) is 4.13. The van der Waals surface area contributed by atoms with E-state index >= 15 is 0 Å². The van der Waals surface area contributed by atoms with Gasteiger partial charge in [0.05, 0.1) is 18.1 Å². The first-order valence-electron chi connectivity index (χ1n) is 13.5. The summed E-state index contributed by atoms with van der Waals surface area (Å²) in [6.07, 6.45) is 19.7. The van der Waals surface area contributed by atoms with Gasteiger partial charge in [0.1, 0.15) is 0 Å². The van der Waals surface area contributed by atoms with E-state index in [4.69, 9.17) is 24.9 Å². The van der Waals surface area contributed by atoms with Crippen molar-refractivity contribution in [3.63, 3.8) is 0 Å². The fourth-order valence-corrected chi connectivity index (χ4v) is 5.39. The lowest BCUT2D eigenvalue weighted by Gasteiger charge is -2.21. The minimum Gasteiger partial charge on any atom is -0.264 e. The molecule has 0 bridgehead atoms. The number of hydrogen-bond donors (Lipinski definition) is 2. The highest BCUT2D eigenvalue weighted by molar-refractivity contribution is 7.81. The SMILES string of the molecule is CCCCCCCCC[C@H](OS(=O)(=O)O)[C@@H](Cl)CCCCCCCCCCCCCOS(=O)(=O)O. The van der Waals surface area contributed by atoms with Crippen molar-refractivity contribution < 1.29 is 34.3 Å². The van der Waals surface area contributed by atoms with Crippen molar-refractivity contribution in [3.8, 4) is 0 Å². The summed E-state index contributed by atoms with van der Waals surface area (Å²) in [7, 11) is -8.82. The first-order valence-corrected chi connectivity index (χ1v) is 16.6. The fraction of sp³-hybridized carbons (Fsp3) is 1.00. The van der Waals surface area contributed by atoms with Gasteiger partial charge in [-0.25, -0.2) is 8.37 Å². The molecule has 0 rings (SSSR count). The van der Waals surface area contributed by atoms with Crippen LogP contribution in [0.15, 0.2) is 0 Å². The van der Waals surface area contributed by atoms with Gasteiger partial charge in [0.15, 0.2) is 0 Å². The molecule has 0 spiro atoms. The first kappa shape index (κ1) is 35.0. The molecule has 0 aliphatic rings. The van der Waals surface area contributed by atoms with Crippen LogP contribution >= 0.6 is 11.6 Å². The number of halogens is 1. The van der Waals surface area contributed by atoms with Crippen LogP contribution in [0.4, 0.5) is 0 Å². The van der Waals surface area contributed by atoms with Crippen LogP contribution in [-0.2, 0) is 29.2 Å². The molecule has 8 nitrogen and oxygen atoms in total. The minimum atomic E-state index is -4.51. The Bertz CT molecular complexity index is 686. The molecule has 212 valence electrons. The summed E-state index contributed by atoms with van der Waals surface area (Å²) < 4.78 is 70.0. The molecule has 35 heavy (non-hydrogen) atoms. The van der Waals surface area contributed by atoms with Gasteiger partial charge in [-0.3, -0.25) is 9.11 Å². The van der Waals surface area contributed by atoms with E-state index in [9.17, 15) is 16.8 Å². The summed E-state index contributed by atoms with van der Waals surface area (Å²) in [4.78, 5) is 0. The van der Waals surface area contributed by atoms with Gasteiger partial charge in [0.2, 0.25) is 0 Å². The highest BCUT2D eigenvalue weighted by atomic mass is 35.5. The lowest BCUT2D eigenvalue weighted by molar-refractivity contribution is 0.160. The van der Waals surface area contributed by atoms with Gasteiger partial charge in [0.25, 0.3) is 0 Å². The average molecular weight is 565 g/mol. The molecule has 0 aliphatic heterocycles. The second-order valence-corrected chi connectivity index (χ2v) is 12.1. The van der Waals surface area contributed by atoms with Crippen LogP contribution in [-0.4, -0.2) is 44.0 Å². The minimum absolute atomic E-state index is 0.0315. The molecule has 0 saturated carbocycles. The summed E-state index contributed by atoms with van der Waals surface area (Å²) in [5, 5.41) is -0.431. The van der Waals surface area contributed by atoms with Gasteiger partial charge in [-0.05, 0) is 19.3 Å². The quantitative estimate of drug-likeness (QED) is 0.0630. The van der Waals surface area contributed by atoms with Crippen molar-refractivity contribution in [1.29, 1.82) is 0 Å². The smallest absolute Gasteiger partial charge is 0.264 e. The summed E-state index contributed by atoms with van der Waals surface area (Å²) >= 11 is 6.45. The second-order valence-electron chi connectivity index (χ2n) is 9.42. The monoisotopic (exact) mass is 564 g/mol. The molecule has 2 atom stereocenters. The number of rotatable bonds is 26. The van der Waals surface area contributed by atoms with Crippen LogP contribution in [0, 0.1) is 0 Å². The summed E-state index contributed by atoms with van der Waals surface area (Å²) in [6.45, 7) is 2.21. The molecule has 0 aromatic rings. The Morgan fingerprint density at radius 3 is 1.43 bits per heavy atom. The van der Waals surface area contributed by atoms with Crippen molar-refractivity contribution in [1.82, 2.24) is 0 Å². The van der Waals surface area contributed by atoms with Crippen LogP contribution < -0.4 is 0 Å². The average Bonchev–Trinajstić information content (AvgIpc) is 2.76. The number of alkyl halides is 1. The maximum absolute atomic E-state index is 11.2. The van der Waals surface area contributed by atoms with Gasteiger partial charge in [-0.1, -0.05) is 116 Å². The van der Waals surface area contributed by atoms with Crippen LogP contribution in [0.3, 0.4) is 0 Å². The van der Waals surface area contributed by atoms with E-state index in [1.807, 2.05) is 0 Å². The standard InChI is InChI=1S/C24H49ClO8S2/c1-2-3-4-5-11-15-18-21-24(33-35(29,30)31)23(25)20-17-14-12-9-7-6-8-10-13-16-19-22-32-34(26,27)28/h23-24H,2-22H2,1H3,(H,26,27,28)(H,29,30,31)/t23-,24-/m0/s1. The van der Waals surface area contributed by atoms with Crippen LogP contribution in [0.2, 0.25) is 0 Å². The normalized spacial score (nSPS) is 14.3. The van der Waals surface area contributed by atoms with Crippen molar-refractivity contribution in [2.75, 3.05) is 6.61 Å². The number of hydrogen-bond acceptors (Lipinski definition) is 6. The third-order valence-corrected chi connectivity index (χ3v) is 7.55. The van der Waals surface area contributed by atoms with Crippen molar-refractivity contribution in [2.24, 2.45) is 0 Å². The highest BCUT2D eigenvalue weighted by Gasteiger charge is 2.24.